The van der Waals surface area contributed by atoms with E-state index in [0.717, 1.165) is 38.8 Å². The zero-order valence-electron chi connectivity index (χ0n) is 15.2. The van der Waals surface area contributed by atoms with E-state index in [1.54, 1.807) is 0 Å². The maximum absolute atomic E-state index is 5.86. The second-order valence-corrected chi connectivity index (χ2v) is 7.40. The molecule has 0 aromatic carbocycles. The summed E-state index contributed by atoms with van der Waals surface area (Å²) in [6.07, 6.45) is 3.60. The molecule has 0 saturated carbocycles. The van der Waals surface area contributed by atoms with Crippen molar-refractivity contribution in [1.29, 1.82) is 0 Å². The first kappa shape index (κ1) is 18.9. The van der Waals surface area contributed by atoms with Crippen molar-refractivity contribution in [1.82, 2.24) is 10.2 Å². The Morgan fingerprint density at radius 1 is 1.14 bits per heavy atom. The quantitative estimate of drug-likeness (QED) is 0.659. The molecule has 21 heavy (non-hydrogen) atoms. The Bertz CT molecular complexity index is 274. The largest absolute Gasteiger partial charge is 0.380 e. The van der Waals surface area contributed by atoms with E-state index in [1.165, 1.54) is 19.3 Å². The molecule has 0 bridgehead atoms. The van der Waals surface area contributed by atoms with Crippen LogP contribution in [-0.2, 0) is 4.74 Å². The summed E-state index contributed by atoms with van der Waals surface area (Å²) in [6, 6.07) is 0.617. The molecule has 1 aliphatic heterocycles. The molecule has 0 aliphatic carbocycles. The average molecular weight is 299 g/mol. The van der Waals surface area contributed by atoms with Crippen LogP contribution in [0, 0.1) is 11.8 Å². The second-order valence-electron chi connectivity index (χ2n) is 7.40. The third-order valence-corrected chi connectivity index (χ3v) is 5.25. The van der Waals surface area contributed by atoms with Crippen molar-refractivity contribution in [2.24, 2.45) is 11.8 Å². The highest BCUT2D eigenvalue weighted by atomic mass is 16.5. The van der Waals surface area contributed by atoms with Gasteiger partial charge in [-0.3, -0.25) is 4.90 Å². The zero-order valence-corrected chi connectivity index (χ0v) is 15.2. The third kappa shape index (κ3) is 5.54. The molecular weight excluding hydrogens is 260 g/mol. The Kier molecular flexibility index (Phi) is 8.22. The van der Waals surface area contributed by atoms with Crippen LogP contribution in [0.2, 0.25) is 0 Å². The van der Waals surface area contributed by atoms with E-state index in [-0.39, 0.29) is 0 Å². The number of nitrogens with one attached hydrogen (secondary N) is 1. The predicted molar refractivity (Wildman–Crippen MR) is 91.8 cm³/mol. The van der Waals surface area contributed by atoms with Gasteiger partial charge in [-0.1, -0.05) is 41.5 Å². The van der Waals surface area contributed by atoms with E-state index in [4.69, 9.17) is 4.74 Å². The molecule has 1 saturated heterocycles. The number of piperazine rings is 1. The summed E-state index contributed by atoms with van der Waals surface area (Å²) in [4.78, 5) is 2.70. The molecule has 1 rings (SSSR count). The molecule has 1 unspecified atom stereocenters. The average Bonchev–Trinajstić information content (AvgIpc) is 2.46. The van der Waals surface area contributed by atoms with Crippen LogP contribution in [0.5, 0.6) is 0 Å². The number of ether oxygens (including phenoxy) is 1. The van der Waals surface area contributed by atoms with Crippen LogP contribution in [0.25, 0.3) is 0 Å². The number of hydrogen-bond acceptors (Lipinski definition) is 3. The lowest BCUT2D eigenvalue weighted by molar-refractivity contribution is -0.00305. The molecule has 1 aliphatic rings. The molecule has 0 aromatic rings. The molecule has 0 radical (unpaired) electrons. The van der Waals surface area contributed by atoms with Gasteiger partial charge in [0.25, 0.3) is 0 Å². The van der Waals surface area contributed by atoms with Crippen LogP contribution in [-0.4, -0.2) is 49.3 Å². The highest BCUT2D eigenvalue weighted by molar-refractivity contribution is 4.98. The van der Waals surface area contributed by atoms with E-state index < -0.39 is 0 Å². The number of hydrogen-bond donors (Lipinski definition) is 1. The van der Waals surface area contributed by atoms with Gasteiger partial charge in [0, 0.05) is 37.8 Å². The Balaban J connectivity index is 2.50. The minimum absolute atomic E-state index is 0.326. The molecule has 1 heterocycles. The standard InChI is InChI=1S/C18H38N2O/c1-7-18(8-2)14-19-17(16(5)6)13-20(18)10-12-21-11-9-15(3)4/h15-17,19H,7-14H2,1-6H3. The van der Waals surface area contributed by atoms with Gasteiger partial charge in [0.15, 0.2) is 0 Å². The summed E-state index contributed by atoms with van der Waals surface area (Å²) in [5, 5.41) is 3.78. The SMILES string of the molecule is CCC1(CC)CNC(C(C)C)CN1CCOCCC(C)C. The molecule has 3 nitrogen and oxygen atoms in total. The van der Waals surface area contributed by atoms with E-state index >= 15 is 0 Å². The molecule has 1 atom stereocenters. The van der Waals surface area contributed by atoms with E-state index in [0.29, 0.717) is 17.5 Å². The van der Waals surface area contributed by atoms with Gasteiger partial charge in [-0.05, 0) is 31.1 Å². The zero-order chi connectivity index (χ0) is 15.9. The highest BCUT2D eigenvalue weighted by Crippen LogP contribution is 2.28. The van der Waals surface area contributed by atoms with Crippen LogP contribution in [0.4, 0.5) is 0 Å². The van der Waals surface area contributed by atoms with Gasteiger partial charge in [0.05, 0.1) is 6.61 Å². The smallest absolute Gasteiger partial charge is 0.0593 e. The minimum atomic E-state index is 0.326. The summed E-state index contributed by atoms with van der Waals surface area (Å²) >= 11 is 0. The lowest BCUT2D eigenvalue weighted by atomic mass is 9.85. The predicted octanol–water partition coefficient (Wildman–Crippen LogP) is 3.54. The summed E-state index contributed by atoms with van der Waals surface area (Å²) in [5.41, 5.74) is 0.326. The topological polar surface area (TPSA) is 24.5 Å². The Hall–Kier alpha value is -0.120. The molecule has 1 N–H and O–H groups in total. The van der Waals surface area contributed by atoms with Crippen molar-refractivity contribution in [3.63, 3.8) is 0 Å². The van der Waals surface area contributed by atoms with Crippen LogP contribution < -0.4 is 5.32 Å². The van der Waals surface area contributed by atoms with Crippen LogP contribution >= 0.6 is 0 Å². The van der Waals surface area contributed by atoms with Gasteiger partial charge in [-0.25, -0.2) is 0 Å². The van der Waals surface area contributed by atoms with Gasteiger partial charge in [-0.2, -0.15) is 0 Å². The van der Waals surface area contributed by atoms with Crippen molar-refractivity contribution in [2.75, 3.05) is 32.8 Å². The van der Waals surface area contributed by atoms with Crippen molar-refractivity contribution in [3.8, 4) is 0 Å². The number of nitrogens with zero attached hydrogens (tertiary/aromatic N) is 1. The summed E-state index contributed by atoms with van der Waals surface area (Å²) < 4.78 is 5.86. The van der Waals surface area contributed by atoms with Gasteiger partial charge >= 0.3 is 0 Å². The normalized spacial score (nSPS) is 23.1. The Morgan fingerprint density at radius 2 is 1.81 bits per heavy atom. The van der Waals surface area contributed by atoms with Gasteiger partial charge in [0.1, 0.15) is 0 Å². The maximum Gasteiger partial charge on any atom is 0.0593 e. The molecule has 126 valence electrons. The van der Waals surface area contributed by atoms with E-state index in [9.17, 15) is 0 Å². The lowest BCUT2D eigenvalue weighted by Gasteiger charge is -2.50. The first-order valence-electron chi connectivity index (χ1n) is 9.01. The summed E-state index contributed by atoms with van der Waals surface area (Å²) in [6.45, 7) is 18.9. The summed E-state index contributed by atoms with van der Waals surface area (Å²) in [5.74, 6) is 1.43. The van der Waals surface area contributed by atoms with Gasteiger partial charge < -0.3 is 10.1 Å². The third-order valence-electron chi connectivity index (χ3n) is 5.25. The molecule has 0 spiro atoms. The maximum atomic E-state index is 5.86. The van der Waals surface area contributed by atoms with Gasteiger partial charge in [0.2, 0.25) is 0 Å². The Morgan fingerprint density at radius 3 is 2.33 bits per heavy atom. The van der Waals surface area contributed by atoms with E-state index in [1.807, 2.05) is 0 Å². The fraction of sp³-hybridized carbons (Fsp3) is 1.00. The van der Waals surface area contributed by atoms with Crippen molar-refractivity contribution in [3.05, 3.63) is 0 Å². The van der Waals surface area contributed by atoms with Crippen LogP contribution in [0.1, 0.15) is 60.8 Å². The second kappa shape index (κ2) is 9.12. The minimum Gasteiger partial charge on any atom is -0.380 e. The number of rotatable bonds is 9. The van der Waals surface area contributed by atoms with Crippen LogP contribution in [0.3, 0.4) is 0 Å². The molecule has 1 fully saturated rings. The lowest BCUT2D eigenvalue weighted by Crippen LogP contribution is -2.65. The Labute approximate surface area is 132 Å². The van der Waals surface area contributed by atoms with Crippen LogP contribution in [0.15, 0.2) is 0 Å². The van der Waals surface area contributed by atoms with Crippen molar-refractivity contribution in [2.45, 2.75) is 72.4 Å². The van der Waals surface area contributed by atoms with Crippen molar-refractivity contribution >= 4 is 0 Å². The molecule has 0 aromatic heterocycles. The first-order valence-corrected chi connectivity index (χ1v) is 9.01. The molecular formula is C18H38N2O. The fourth-order valence-corrected chi connectivity index (χ4v) is 3.25. The molecule has 3 heteroatoms. The first-order chi connectivity index (χ1) is 9.95. The van der Waals surface area contributed by atoms with Gasteiger partial charge in [-0.15, -0.1) is 0 Å². The van der Waals surface area contributed by atoms with Crippen molar-refractivity contribution < 1.29 is 4.74 Å². The molecule has 0 amide bonds. The summed E-state index contributed by atoms with van der Waals surface area (Å²) in [7, 11) is 0. The highest BCUT2D eigenvalue weighted by Gasteiger charge is 2.39. The van der Waals surface area contributed by atoms with E-state index in [2.05, 4.69) is 51.8 Å². The monoisotopic (exact) mass is 298 g/mol. The fourth-order valence-electron chi connectivity index (χ4n) is 3.25.